The summed E-state index contributed by atoms with van der Waals surface area (Å²) >= 11 is 0. The minimum Gasteiger partial charge on any atom is -0.388 e. The minimum atomic E-state index is -0.394. The van der Waals surface area contributed by atoms with Gasteiger partial charge in [0.25, 0.3) is 0 Å². The van der Waals surface area contributed by atoms with Gasteiger partial charge in [0.15, 0.2) is 0 Å². The van der Waals surface area contributed by atoms with Crippen LogP contribution in [0.15, 0.2) is 36.5 Å². The van der Waals surface area contributed by atoms with Crippen LogP contribution in [0.1, 0.15) is 39.4 Å². The van der Waals surface area contributed by atoms with Crippen molar-refractivity contribution in [2.45, 2.75) is 33.8 Å². The van der Waals surface area contributed by atoms with Crippen LogP contribution in [0.3, 0.4) is 0 Å². The summed E-state index contributed by atoms with van der Waals surface area (Å²) in [5.41, 5.74) is 2.36. The van der Waals surface area contributed by atoms with E-state index in [1.807, 2.05) is 24.3 Å². The highest BCUT2D eigenvalue weighted by Crippen LogP contribution is 2.72. The molecule has 2 aromatic rings. The maximum atomic E-state index is 10.7. The van der Waals surface area contributed by atoms with E-state index in [-0.39, 0.29) is 10.8 Å². The molecule has 0 spiro atoms. The van der Waals surface area contributed by atoms with Crippen LogP contribution >= 0.6 is 0 Å². The standard InChI is InChI=1S/C17H21NO/c1-16(2)15(17(16,3)4)14(19)12-7-8-13-11(10-12)6-5-9-18-13/h5-10,14-15,19H,1-4H3. The van der Waals surface area contributed by atoms with E-state index in [1.165, 1.54) is 0 Å². The molecule has 2 nitrogen and oxygen atoms in total. The molecular weight excluding hydrogens is 234 g/mol. The Hall–Kier alpha value is -1.41. The van der Waals surface area contributed by atoms with Crippen molar-refractivity contribution in [3.05, 3.63) is 42.1 Å². The highest BCUT2D eigenvalue weighted by atomic mass is 16.3. The van der Waals surface area contributed by atoms with Crippen LogP contribution in [0.25, 0.3) is 10.9 Å². The predicted molar refractivity (Wildman–Crippen MR) is 77.8 cm³/mol. The molecule has 19 heavy (non-hydrogen) atoms. The normalized spacial score (nSPS) is 22.4. The fourth-order valence-corrected chi connectivity index (χ4v) is 3.51. The number of rotatable bonds is 2. The number of hydrogen-bond donors (Lipinski definition) is 1. The molecule has 1 fully saturated rings. The number of pyridine rings is 1. The topological polar surface area (TPSA) is 33.1 Å². The van der Waals surface area contributed by atoms with Gasteiger partial charge in [0.05, 0.1) is 11.6 Å². The van der Waals surface area contributed by atoms with Gasteiger partial charge >= 0.3 is 0 Å². The van der Waals surface area contributed by atoms with Crippen molar-refractivity contribution in [3.63, 3.8) is 0 Å². The Morgan fingerprint density at radius 3 is 2.42 bits per heavy atom. The van der Waals surface area contributed by atoms with Crippen molar-refractivity contribution in [2.75, 3.05) is 0 Å². The Labute approximate surface area is 114 Å². The first-order valence-corrected chi connectivity index (χ1v) is 6.88. The summed E-state index contributed by atoms with van der Waals surface area (Å²) in [5, 5.41) is 11.8. The summed E-state index contributed by atoms with van der Waals surface area (Å²) in [4.78, 5) is 4.32. The largest absolute Gasteiger partial charge is 0.388 e. The second-order valence-electron chi connectivity index (χ2n) is 6.82. The Morgan fingerprint density at radius 1 is 1.11 bits per heavy atom. The van der Waals surface area contributed by atoms with E-state index in [4.69, 9.17) is 0 Å². The second-order valence-corrected chi connectivity index (χ2v) is 6.82. The molecule has 3 rings (SSSR count). The first-order valence-electron chi connectivity index (χ1n) is 6.88. The van der Waals surface area contributed by atoms with Crippen LogP contribution in [-0.4, -0.2) is 10.1 Å². The highest BCUT2D eigenvalue weighted by Gasteiger charge is 2.67. The monoisotopic (exact) mass is 255 g/mol. The molecule has 1 atom stereocenters. The van der Waals surface area contributed by atoms with Gasteiger partial charge in [-0.25, -0.2) is 0 Å². The number of aromatic nitrogens is 1. The summed E-state index contributed by atoms with van der Waals surface area (Å²) in [6, 6.07) is 10.0. The van der Waals surface area contributed by atoms with Gasteiger partial charge in [-0.15, -0.1) is 0 Å². The molecule has 1 aliphatic rings. The molecule has 1 heterocycles. The summed E-state index contributed by atoms with van der Waals surface area (Å²) < 4.78 is 0. The number of aliphatic hydroxyl groups is 1. The first kappa shape index (κ1) is 12.6. The summed E-state index contributed by atoms with van der Waals surface area (Å²) in [7, 11) is 0. The third-order valence-corrected chi connectivity index (χ3v) is 5.42. The average molecular weight is 255 g/mol. The summed E-state index contributed by atoms with van der Waals surface area (Å²) in [5.74, 6) is 0.314. The molecule has 0 radical (unpaired) electrons. The van der Waals surface area contributed by atoms with Gasteiger partial charge in [-0.05, 0) is 34.6 Å². The molecule has 1 aromatic heterocycles. The molecule has 1 saturated carbocycles. The van der Waals surface area contributed by atoms with Gasteiger partial charge in [-0.1, -0.05) is 39.8 Å². The lowest BCUT2D eigenvalue weighted by Gasteiger charge is -2.14. The number of hydrogen-bond acceptors (Lipinski definition) is 2. The fourth-order valence-electron chi connectivity index (χ4n) is 3.51. The number of aliphatic hydroxyl groups excluding tert-OH is 1. The van der Waals surface area contributed by atoms with Crippen LogP contribution in [0.4, 0.5) is 0 Å². The van der Waals surface area contributed by atoms with Crippen molar-refractivity contribution in [1.82, 2.24) is 4.98 Å². The van der Waals surface area contributed by atoms with E-state index in [2.05, 4.69) is 38.7 Å². The van der Waals surface area contributed by atoms with Crippen molar-refractivity contribution in [3.8, 4) is 0 Å². The molecule has 0 amide bonds. The van der Waals surface area contributed by atoms with Gasteiger partial charge in [0, 0.05) is 17.5 Å². The Morgan fingerprint density at radius 2 is 1.79 bits per heavy atom. The van der Waals surface area contributed by atoms with E-state index < -0.39 is 6.10 Å². The molecule has 0 saturated heterocycles. The van der Waals surface area contributed by atoms with Crippen molar-refractivity contribution >= 4 is 10.9 Å². The summed E-state index contributed by atoms with van der Waals surface area (Å²) in [6.45, 7) is 8.96. The number of benzene rings is 1. The zero-order valence-corrected chi connectivity index (χ0v) is 12.0. The van der Waals surface area contributed by atoms with Crippen LogP contribution in [0, 0.1) is 16.7 Å². The van der Waals surface area contributed by atoms with Crippen LogP contribution in [0.5, 0.6) is 0 Å². The molecule has 0 aliphatic heterocycles. The van der Waals surface area contributed by atoms with Gasteiger partial charge in [0.1, 0.15) is 0 Å². The smallest absolute Gasteiger partial charge is 0.0829 e. The Balaban J connectivity index is 1.97. The fraction of sp³-hybridized carbons (Fsp3) is 0.471. The third kappa shape index (κ3) is 1.70. The van der Waals surface area contributed by atoms with Crippen molar-refractivity contribution in [1.29, 1.82) is 0 Å². The Bertz CT molecular complexity index is 616. The van der Waals surface area contributed by atoms with E-state index in [0.717, 1.165) is 16.5 Å². The molecule has 0 bridgehead atoms. The second kappa shape index (κ2) is 3.80. The van der Waals surface area contributed by atoms with Gasteiger partial charge in [0.2, 0.25) is 0 Å². The molecule has 1 unspecified atom stereocenters. The zero-order chi connectivity index (χ0) is 13.8. The lowest BCUT2D eigenvalue weighted by molar-refractivity contribution is 0.131. The molecule has 100 valence electrons. The van der Waals surface area contributed by atoms with Crippen LogP contribution in [-0.2, 0) is 0 Å². The number of nitrogens with zero attached hydrogens (tertiary/aromatic N) is 1. The summed E-state index contributed by atoms with van der Waals surface area (Å²) in [6.07, 6.45) is 1.40. The number of fused-ring (bicyclic) bond motifs is 1. The molecular formula is C17H21NO. The maximum Gasteiger partial charge on any atom is 0.0829 e. The van der Waals surface area contributed by atoms with Crippen LogP contribution < -0.4 is 0 Å². The van der Waals surface area contributed by atoms with E-state index >= 15 is 0 Å². The van der Waals surface area contributed by atoms with E-state index in [0.29, 0.717) is 5.92 Å². The first-order chi connectivity index (χ1) is 8.85. The Kier molecular flexibility index (Phi) is 2.52. The molecule has 1 aromatic carbocycles. The van der Waals surface area contributed by atoms with Crippen LogP contribution in [0.2, 0.25) is 0 Å². The predicted octanol–water partition coefficient (Wildman–Crippen LogP) is 3.95. The zero-order valence-electron chi connectivity index (χ0n) is 12.0. The average Bonchev–Trinajstić information content (AvgIpc) is 2.78. The van der Waals surface area contributed by atoms with Crippen molar-refractivity contribution in [2.24, 2.45) is 16.7 Å². The van der Waals surface area contributed by atoms with Crippen molar-refractivity contribution < 1.29 is 5.11 Å². The van der Waals surface area contributed by atoms with Gasteiger partial charge in [-0.2, -0.15) is 0 Å². The maximum absolute atomic E-state index is 10.7. The third-order valence-electron chi connectivity index (χ3n) is 5.42. The van der Waals surface area contributed by atoms with E-state index in [9.17, 15) is 5.11 Å². The van der Waals surface area contributed by atoms with Gasteiger partial charge in [-0.3, -0.25) is 4.98 Å². The minimum absolute atomic E-state index is 0.191. The molecule has 1 N–H and O–H groups in total. The van der Waals surface area contributed by atoms with Gasteiger partial charge < -0.3 is 5.11 Å². The SMILES string of the molecule is CC1(C)C(C(O)c2ccc3ncccc3c2)C1(C)C. The highest BCUT2D eigenvalue weighted by molar-refractivity contribution is 5.79. The van der Waals surface area contributed by atoms with E-state index in [1.54, 1.807) is 6.20 Å². The molecule has 2 heteroatoms. The quantitative estimate of drug-likeness (QED) is 0.881. The molecule has 1 aliphatic carbocycles. The lowest BCUT2D eigenvalue weighted by atomic mass is 9.98. The lowest BCUT2D eigenvalue weighted by Crippen LogP contribution is -2.05.